The third kappa shape index (κ3) is 3.00. The van der Waals surface area contributed by atoms with E-state index in [4.69, 9.17) is 5.73 Å². The average molecular weight is 365 g/mol. The summed E-state index contributed by atoms with van der Waals surface area (Å²) in [5, 5.41) is 13.7. The van der Waals surface area contributed by atoms with Crippen molar-refractivity contribution in [3.8, 4) is 11.4 Å². The third-order valence-electron chi connectivity index (χ3n) is 4.71. The predicted molar refractivity (Wildman–Crippen MR) is 92.8 cm³/mol. The van der Waals surface area contributed by atoms with Crippen LogP contribution in [0.5, 0.6) is 0 Å². The van der Waals surface area contributed by atoms with Crippen LogP contribution in [0.4, 0.5) is 20.3 Å². The lowest BCUT2D eigenvalue weighted by molar-refractivity contribution is -0.172. The summed E-state index contributed by atoms with van der Waals surface area (Å²) in [6.45, 7) is 1.60. The molecule has 4 N–H and O–H groups in total. The normalized spacial score (nSPS) is 17.5. The standard InChI is InChI=1S/C16H21F2N7O/c1-9-10(22-14(26)15(8-19)6-16(17,18)7-15)4-5-11(21-9)12-13(20-2)25(3)24-23-12/h4-5,20H,6-8,19H2,1-3H3,(H,22,26). The fraction of sp³-hybridized carbons (Fsp3) is 0.500. The largest absolute Gasteiger partial charge is 0.371 e. The number of nitrogens with two attached hydrogens (primary N) is 1. The van der Waals surface area contributed by atoms with Crippen molar-refractivity contribution in [1.29, 1.82) is 0 Å². The fourth-order valence-electron chi connectivity index (χ4n) is 3.23. The second kappa shape index (κ2) is 6.27. The third-order valence-corrected chi connectivity index (χ3v) is 4.71. The van der Waals surface area contributed by atoms with Gasteiger partial charge < -0.3 is 16.4 Å². The number of amides is 1. The van der Waals surface area contributed by atoms with Crippen LogP contribution in [0.25, 0.3) is 11.4 Å². The van der Waals surface area contributed by atoms with Gasteiger partial charge in [-0.1, -0.05) is 5.21 Å². The molecule has 0 aliphatic heterocycles. The van der Waals surface area contributed by atoms with Crippen molar-refractivity contribution in [3.05, 3.63) is 17.8 Å². The van der Waals surface area contributed by atoms with E-state index < -0.39 is 30.1 Å². The summed E-state index contributed by atoms with van der Waals surface area (Å²) in [7, 11) is 3.51. The molecule has 0 aromatic carbocycles. The van der Waals surface area contributed by atoms with Gasteiger partial charge in [0.1, 0.15) is 0 Å². The summed E-state index contributed by atoms with van der Waals surface area (Å²) < 4.78 is 28.1. The first-order valence-electron chi connectivity index (χ1n) is 8.16. The number of anilines is 2. The lowest BCUT2D eigenvalue weighted by Gasteiger charge is -2.45. The number of halogens is 2. The van der Waals surface area contributed by atoms with Gasteiger partial charge in [-0.05, 0) is 19.1 Å². The summed E-state index contributed by atoms with van der Waals surface area (Å²) >= 11 is 0. The molecule has 26 heavy (non-hydrogen) atoms. The zero-order chi connectivity index (χ0) is 19.1. The summed E-state index contributed by atoms with van der Waals surface area (Å²) in [4.78, 5) is 16.9. The van der Waals surface area contributed by atoms with Gasteiger partial charge in [0.25, 0.3) is 0 Å². The van der Waals surface area contributed by atoms with Gasteiger partial charge in [0, 0.05) is 33.5 Å². The molecule has 1 aliphatic carbocycles. The molecule has 2 aromatic rings. The minimum absolute atomic E-state index is 0.121. The number of aromatic nitrogens is 4. The molecule has 1 aliphatic rings. The van der Waals surface area contributed by atoms with E-state index in [1.165, 1.54) is 0 Å². The van der Waals surface area contributed by atoms with E-state index in [1.54, 1.807) is 37.8 Å². The highest BCUT2D eigenvalue weighted by atomic mass is 19.3. The number of rotatable bonds is 5. The van der Waals surface area contributed by atoms with Crippen molar-refractivity contribution < 1.29 is 13.6 Å². The molecule has 2 heterocycles. The van der Waals surface area contributed by atoms with Crippen LogP contribution in [0.2, 0.25) is 0 Å². The topological polar surface area (TPSA) is 111 Å². The minimum atomic E-state index is -2.83. The molecule has 0 spiro atoms. The first-order valence-corrected chi connectivity index (χ1v) is 8.16. The SMILES string of the molecule is CNc1c(-c2ccc(NC(=O)C3(CN)CC(F)(F)C3)c(C)n2)nnn1C. The Balaban J connectivity index is 1.81. The molecule has 0 atom stereocenters. The van der Waals surface area contributed by atoms with Crippen molar-refractivity contribution in [2.24, 2.45) is 18.2 Å². The van der Waals surface area contributed by atoms with Crippen molar-refractivity contribution in [3.63, 3.8) is 0 Å². The molecule has 140 valence electrons. The number of pyridine rings is 1. The van der Waals surface area contributed by atoms with E-state index in [0.29, 0.717) is 28.6 Å². The average Bonchev–Trinajstić information content (AvgIpc) is 2.94. The predicted octanol–water partition coefficient (Wildman–Crippen LogP) is 1.54. The Morgan fingerprint density at radius 3 is 2.62 bits per heavy atom. The zero-order valence-electron chi connectivity index (χ0n) is 14.8. The number of nitrogens with zero attached hydrogens (tertiary/aromatic N) is 4. The highest BCUT2D eigenvalue weighted by Gasteiger charge is 2.60. The second-order valence-corrected chi connectivity index (χ2v) is 6.64. The Morgan fingerprint density at radius 2 is 2.08 bits per heavy atom. The maximum absolute atomic E-state index is 13.2. The molecule has 1 fully saturated rings. The fourth-order valence-corrected chi connectivity index (χ4v) is 3.23. The maximum atomic E-state index is 13.2. The summed E-state index contributed by atoms with van der Waals surface area (Å²) in [6, 6.07) is 3.36. The number of carbonyl (C=O) groups is 1. The number of hydrogen-bond acceptors (Lipinski definition) is 6. The molecular formula is C16H21F2N7O. The van der Waals surface area contributed by atoms with Gasteiger partial charge in [0.05, 0.1) is 22.5 Å². The first-order chi connectivity index (χ1) is 12.2. The van der Waals surface area contributed by atoms with Crippen molar-refractivity contribution >= 4 is 17.4 Å². The van der Waals surface area contributed by atoms with E-state index in [-0.39, 0.29) is 6.54 Å². The van der Waals surface area contributed by atoms with Crippen LogP contribution in [0, 0.1) is 12.3 Å². The van der Waals surface area contributed by atoms with Crippen LogP contribution in [0.1, 0.15) is 18.5 Å². The van der Waals surface area contributed by atoms with Gasteiger partial charge in [-0.15, -0.1) is 5.10 Å². The zero-order valence-corrected chi connectivity index (χ0v) is 14.8. The van der Waals surface area contributed by atoms with Crippen LogP contribution in [-0.4, -0.2) is 45.4 Å². The molecule has 8 nitrogen and oxygen atoms in total. The number of nitrogens with one attached hydrogen (secondary N) is 2. The first kappa shape index (κ1) is 18.2. The molecule has 1 saturated carbocycles. The van der Waals surface area contributed by atoms with E-state index in [0.717, 1.165) is 0 Å². The molecular weight excluding hydrogens is 344 g/mol. The number of alkyl halides is 2. The van der Waals surface area contributed by atoms with Gasteiger partial charge >= 0.3 is 0 Å². The van der Waals surface area contributed by atoms with Gasteiger partial charge in [-0.2, -0.15) is 0 Å². The van der Waals surface area contributed by atoms with Gasteiger partial charge in [-0.3, -0.25) is 4.79 Å². The van der Waals surface area contributed by atoms with Gasteiger partial charge in [0.15, 0.2) is 11.5 Å². The highest BCUT2D eigenvalue weighted by molar-refractivity contribution is 5.97. The number of hydrogen-bond donors (Lipinski definition) is 3. The number of aryl methyl sites for hydroxylation is 2. The van der Waals surface area contributed by atoms with Crippen LogP contribution >= 0.6 is 0 Å². The Labute approximate surface area is 149 Å². The van der Waals surface area contributed by atoms with Gasteiger partial charge in [0.2, 0.25) is 11.8 Å². The molecule has 2 aromatic heterocycles. The van der Waals surface area contributed by atoms with E-state index >= 15 is 0 Å². The molecule has 0 unspecified atom stereocenters. The summed E-state index contributed by atoms with van der Waals surface area (Å²) in [5.74, 6) is -2.63. The number of carbonyl (C=O) groups excluding carboxylic acids is 1. The van der Waals surface area contributed by atoms with Gasteiger partial charge in [-0.25, -0.2) is 18.4 Å². The van der Waals surface area contributed by atoms with Crippen molar-refractivity contribution in [2.45, 2.75) is 25.7 Å². The molecule has 0 saturated heterocycles. The maximum Gasteiger partial charge on any atom is 0.250 e. The molecule has 1 amide bonds. The Kier molecular flexibility index (Phi) is 4.39. The van der Waals surface area contributed by atoms with Crippen LogP contribution in [-0.2, 0) is 11.8 Å². The minimum Gasteiger partial charge on any atom is -0.371 e. The summed E-state index contributed by atoms with van der Waals surface area (Å²) in [6.07, 6.45) is -1.06. The second-order valence-electron chi connectivity index (χ2n) is 6.64. The molecule has 0 radical (unpaired) electrons. The van der Waals surface area contributed by atoms with E-state index in [1.807, 2.05) is 0 Å². The Bertz CT molecular complexity index is 841. The van der Waals surface area contributed by atoms with Crippen LogP contribution in [0.15, 0.2) is 12.1 Å². The lowest BCUT2D eigenvalue weighted by Crippen LogP contribution is -2.57. The lowest BCUT2D eigenvalue weighted by atomic mass is 9.65. The van der Waals surface area contributed by atoms with E-state index in [9.17, 15) is 13.6 Å². The Morgan fingerprint density at radius 1 is 1.38 bits per heavy atom. The van der Waals surface area contributed by atoms with Crippen molar-refractivity contribution in [2.75, 3.05) is 24.2 Å². The smallest absolute Gasteiger partial charge is 0.250 e. The van der Waals surface area contributed by atoms with Crippen molar-refractivity contribution in [1.82, 2.24) is 20.0 Å². The van der Waals surface area contributed by atoms with E-state index in [2.05, 4.69) is 25.9 Å². The highest BCUT2D eigenvalue weighted by Crippen LogP contribution is 2.52. The van der Waals surface area contributed by atoms with Crippen LogP contribution < -0.4 is 16.4 Å². The molecule has 3 rings (SSSR count). The quantitative estimate of drug-likeness (QED) is 0.741. The summed E-state index contributed by atoms with van der Waals surface area (Å²) in [5.41, 5.74) is 6.52. The molecule has 0 bridgehead atoms. The molecule has 10 heteroatoms. The Hall–Kier alpha value is -2.62. The van der Waals surface area contributed by atoms with Crippen LogP contribution in [0.3, 0.4) is 0 Å². The monoisotopic (exact) mass is 365 g/mol.